The van der Waals surface area contributed by atoms with E-state index < -0.39 is 0 Å². The van der Waals surface area contributed by atoms with Gasteiger partial charge in [-0.1, -0.05) is 20.8 Å². The van der Waals surface area contributed by atoms with Gasteiger partial charge in [-0.25, -0.2) is 0 Å². The highest BCUT2D eigenvalue weighted by molar-refractivity contribution is 5.82. The largest absolute Gasteiger partial charge is 0.352 e. The van der Waals surface area contributed by atoms with E-state index in [1.54, 1.807) is 0 Å². The lowest BCUT2D eigenvalue weighted by Gasteiger charge is -2.22. The standard InChI is InChI=1S/C11H22N2O/c1-4-9(8(2)3)13-11(14)10-6-5-7-12-10/h8-10,12H,4-7H2,1-3H3,(H,13,14)/t9?,10-/m0/s1. The summed E-state index contributed by atoms with van der Waals surface area (Å²) in [6, 6.07) is 0.382. The molecule has 3 heteroatoms. The van der Waals surface area contributed by atoms with Gasteiger partial charge in [0.25, 0.3) is 0 Å². The molecule has 1 aliphatic rings. The van der Waals surface area contributed by atoms with E-state index in [0.717, 1.165) is 25.8 Å². The molecular formula is C11H22N2O. The first kappa shape index (κ1) is 11.5. The van der Waals surface area contributed by atoms with E-state index in [4.69, 9.17) is 0 Å². The first-order valence-electron chi connectivity index (χ1n) is 5.69. The van der Waals surface area contributed by atoms with Crippen LogP contribution in [0.5, 0.6) is 0 Å². The van der Waals surface area contributed by atoms with Crippen LogP contribution in [0.25, 0.3) is 0 Å². The molecule has 2 atom stereocenters. The highest BCUT2D eigenvalue weighted by atomic mass is 16.2. The summed E-state index contributed by atoms with van der Waals surface area (Å²) in [6.07, 6.45) is 3.12. The zero-order valence-electron chi connectivity index (χ0n) is 9.47. The van der Waals surface area contributed by atoms with Crippen molar-refractivity contribution in [3.8, 4) is 0 Å². The highest BCUT2D eigenvalue weighted by Crippen LogP contribution is 2.09. The molecule has 1 saturated heterocycles. The van der Waals surface area contributed by atoms with Crippen LogP contribution in [0.2, 0.25) is 0 Å². The summed E-state index contributed by atoms with van der Waals surface area (Å²) in [6.45, 7) is 7.40. The van der Waals surface area contributed by atoms with Crippen LogP contribution in [0.15, 0.2) is 0 Å². The Bertz CT molecular complexity index is 186. The molecule has 0 spiro atoms. The second kappa shape index (κ2) is 5.35. The molecule has 0 aromatic carbocycles. The third kappa shape index (κ3) is 2.98. The molecule has 0 aromatic heterocycles. The molecule has 0 saturated carbocycles. The molecule has 1 aliphatic heterocycles. The fourth-order valence-corrected chi connectivity index (χ4v) is 1.93. The van der Waals surface area contributed by atoms with Crippen LogP contribution in [0, 0.1) is 5.92 Å². The number of hydrogen-bond donors (Lipinski definition) is 2. The van der Waals surface area contributed by atoms with E-state index in [0.29, 0.717) is 12.0 Å². The molecule has 82 valence electrons. The summed E-state index contributed by atoms with van der Waals surface area (Å²) in [7, 11) is 0. The topological polar surface area (TPSA) is 41.1 Å². The maximum atomic E-state index is 11.7. The van der Waals surface area contributed by atoms with Gasteiger partial charge in [-0.05, 0) is 31.7 Å². The average Bonchev–Trinajstić information content (AvgIpc) is 2.65. The molecule has 0 aliphatic carbocycles. The van der Waals surface area contributed by atoms with Gasteiger partial charge in [-0.15, -0.1) is 0 Å². The molecule has 1 rings (SSSR count). The average molecular weight is 198 g/mol. The van der Waals surface area contributed by atoms with Gasteiger partial charge in [-0.3, -0.25) is 4.79 Å². The number of carbonyl (C=O) groups excluding carboxylic acids is 1. The number of nitrogens with one attached hydrogen (secondary N) is 2. The van der Waals surface area contributed by atoms with E-state index in [9.17, 15) is 4.79 Å². The van der Waals surface area contributed by atoms with E-state index in [1.165, 1.54) is 0 Å². The quantitative estimate of drug-likeness (QED) is 0.714. The molecule has 1 fully saturated rings. The Hall–Kier alpha value is -0.570. The molecule has 0 aromatic rings. The summed E-state index contributed by atoms with van der Waals surface area (Å²) in [5.74, 6) is 0.702. The maximum absolute atomic E-state index is 11.7. The van der Waals surface area contributed by atoms with Gasteiger partial charge in [0.05, 0.1) is 6.04 Å². The molecule has 1 unspecified atom stereocenters. The summed E-state index contributed by atoms with van der Waals surface area (Å²) in [4.78, 5) is 11.7. The Balaban J connectivity index is 2.37. The molecule has 3 nitrogen and oxygen atoms in total. The van der Waals surface area contributed by atoms with Crippen LogP contribution in [-0.2, 0) is 4.79 Å². The predicted octanol–water partition coefficient (Wildman–Crippen LogP) is 1.29. The first-order valence-corrected chi connectivity index (χ1v) is 5.69. The minimum absolute atomic E-state index is 0.0581. The van der Waals surface area contributed by atoms with Gasteiger partial charge in [0.15, 0.2) is 0 Å². The van der Waals surface area contributed by atoms with Crippen molar-refractivity contribution in [2.75, 3.05) is 6.54 Å². The smallest absolute Gasteiger partial charge is 0.237 e. The van der Waals surface area contributed by atoms with Crippen molar-refractivity contribution in [1.82, 2.24) is 10.6 Å². The minimum atomic E-state index is 0.0581. The third-order valence-corrected chi connectivity index (χ3v) is 2.95. The van der Waals surface area contributed by atoms with Crippen LogP contribution < -0.4 is 10.6 Å². The zero-order valence-corrected chi connectivity index (χ0v) is 9.47. The molecular weight excluding hydrogens is 176 g/mol. The van der Waals surface area contributed by atoms with E-state index in [2.05, 4.69) is 31.4 Å². The van der Waals surface area contributed by atoms with Crippen LogP contribution in [-0.4, -0.2) is 24.5 Å². The number of carbonyl (C=O) groups is 1. The Morgan fingerprint density at radius 2 is 2.29 bits per heavy atom. The van der Waals surface area contributed by atoms with Gasteiger partial charge >= 0.3 is 0 Å². The predicted molar refractivity (Wildman–Crippen MR) is 58.1 cm³/mol. The van der Waals surface area contributed by atoms with Crippen LogP contribution in [0.3, 0.4) is 0 Å². The zero-order chi connectivity index (χ0) is 10.6. The van der Waals surface area contributed by atoms with Crippen molar-refractivity contribution in [3.05, 3.63) is 0 Å². The van der Waals surface area contributed by atoms with Crippen molar-refractivity contribution in [2.45, 2.75) is 52.1 Å². The van der Waals surface area contributed by atoms with Gasteiger partial charge in [0.1, 0.15) is 0 Å². The third-order valence-electron chi connectivity index (χ3n) is 2.95. The molecule has 1 heterocycles. The highest BCUT2D eigenvalue weighted by Gasteiger charge is 2.24. The van der Waals surface area contributed by atoms with Crippen molar-refractivity contribution in [3.63, 3.8) is 0 Å². The normalized spacial score (nSPS) is 23.9. The summed E-state index contributed by atoms with van der Waals surface area (Å²) in [5, 5.41) is 6.32. The fourth-order valence-electron chi connectivity index (χ4n) is 1.93. The van der Waals surface area contributed by atoms with Crippen molar-refractivity contribution < 1.29 is 4.79 Å². The lowest BCUT2D eigenvalue weighted by molar-refractivity contribution is -0.123. The lowest BCUT2D eigenvalue weighted by Crippen LogP contribution is -2.46. The maximum Gasteiger partial charge on any atom is 0.237 e. The van der Waals surface area contributed by atoms with Crippen molar-refractivity contribution in [1.29, 1.82) is 0 Å². The van der Waals surface area contributed by atoms with E-state index in [-0.39, 0.29) is 11.9 Å². The second-order valence-electron chi connectivity index (χ2n) is 4.42. The summed E-state index contributed by atoms with van der Waals surface area (Å²) >= 11 is 0. The van der Waals surface area contributed by atoms with Crippen molar-refractivity contribution in [2.24, 2.45) is 5.92 Å². The monoisotopic (exact) mass is 198 g/mol. The Morgan fingerprint density at radius 3 is 2.71 bits per heavy atom. The van der Waals surface area contributed by atoms with Gasteiger partial charge < -0.3 is 10.6 Å². The van der Waals surface area contributed by atoms with Crippen LogP contribution in [0.1, 0.15) is 40.0 Å². The lowest BCUT2D eigenvalue weighted by atomic mass is 10.0. The number of rotatable bonds is 4. The van der Waals surface area contributed by atoms with Crippen LogP contribution in [0.4, 0.5) is 0 Å². The molecule has 14 heavy (non-hydrogen) atoms. The van der Waals surface area contributed by atoms with Crippen molar-refractivity contribution >= 4 is 5.91 Å². The first-order chi connectivity index (χ1) is 6.65. The number of amides is 1. The fraction of sp³-hybridized carbons (Fsp3) is 0.909. The Kier molecular flexibility index (Phi) is 4.39. The molecule has 2 N–H and O–H groups in total. The van der Waals surface area contributed by atoms with Gasteiger partial charge in [0.2, 0.25) is 5.91 Å². The Morgan fingerprint density at radius 1 is 1.57 bits per heavy atom. The molecule has 0 radical (unpaired) electrons. The van der Waals surface area contributed by atoms with Gasteiger partial charge in [-0.2, -0.15) is 0 Å². The molecule has 0 bridgehead atoms. The minimum Gasteiger partial charge on any atom is -0.352 e. The molecule has 1 amide bonds. The van der Waals surface area contributed by atoms with Gasteiger partial charge in [0, 0.05) is 6.04 Å². The summed E-state index contributed by atoms with van der Waals surface area (Å²) in [5.41, 5.74) is 0. The van der Waals surface area contributed by atoms with E-state index in [1.807, 2.05) is 0 Å². The second-order valence-corrected chi connectivity index (χ2v) is 4.42. The van der Waals surface area contributed by atoms with E-state index >= 15 is 0 Å². The summed E-state index contributed by atoms with van der Waals surface area (Å²) < 4.78 is 0. The SMILES string of the molecule is CCC(NC(=O)[C@@H]1CCCN1)C(C)C. The number of hydrogen-bond acceptors (Lipinski definition) is 2. The Labute approximate surface area is 86.6 Å². The van der Waals surface area contributed by atoms with Crippen LogP contribution >= 0.6 is 0 Å².